The molecule has 0 aliphatic carbocycles. The first-order valence-corrected chi connectivity index (χ1v) is 13.2. The number of halogens is 3. The van der Waals surface area contributed by atoms with Gasteiger partial charge in [-0.3, -0.25) is 9.48 Å². The van der Waals surface area contributed by atoms with Crippen LogP contribution in [0.4, 0.5) is 8.78 Å². The summed E-state index contributed by atoms with van der Waals surface area (Å²) in [6, 6.07) is 16.6. The molecule has 11 heteroatoms. The summed E-state index contributed by atoms with van der Waals surface area (Å²) in [6.45, 7) is -0.425. The van der Waals surface area contributed by atoms with Gasteiger partial charge in [-0.05, 0) is 54.4 Å². The molecule has 0 N–H and O–H groups in total. The van der Waals surface area contributed by atoms with Crippen LogP contribution in [-0.2, 0) is 13.6 Å². The van der Waals surface area contributed by atoms with E-state index in [1.807, 2.05) is 30.3 Å². The van der Waals surface area contributed by atoms with Gasteiger partial charge >= 0.3 is 0 Å². The Morgan fingerprint density at radius 2 is 1.87 bits per heavy atom. The quantitative estimate of drug-likeness (QED) is 0.279. The minimum Gasteiger partial charge on any atom is -0.493 e. The largest absolute Gasteiger partial charge is 0.493 e. The Bertz CT molecular complexity index is 1500. The smallest absolute Gasteiger partial charge is 0.270 e. The number of piperidine rings is 1. The number of carbonyl (C=O) groups excluding carboxylic acids is 1. The number of alkyl halides is 2. The summed E-state index contributed by atoms with van der Waals surface area (Å²) in [5, 5.41) is 8.23. The van der Waals surface area contributed by atoms with Crippen molar-refractivity contribution in [3.8, 4) is 34.0 Å². The van der Waals surface area contributed by atoms with Gasteiger partial charge in [-0.2, -0.15) is 0 Å². The van der Waals surface area contributed by atoms with Crippen molar-refractivity contribution in [3.63, 3.8) is 0 Å². The fourth-order valence-corrected chi connectivity index (χ4v) is 5.35. The first-order chi connectivity index (χ1) is 18.7. The first-order valence-electron chi connectivity index (χ1n) is 12.4. The van der Waals surface area contributed by atoms with Crippen molar-refractivity contribution in [3.05, 3.63) is 71.0 Å². The van der Waals surface area contributed by atoms with Crippen molar-refractivity contribution in [1.29, 1.82) is 0 Å². The van der Waals surface area contributed by atoms with Crippen molar-refractivity contribution >= 4 is 21.8 Å². The summed E-state index contributed by atoms with van der Waals surface area (Å²) in [5.74, 6) is -3.35. The molecular formula is C28H28BrF2N5O3. The molecular weight excluding hydrogens is 572 g/mol. The summed E-state index contributed by atoms with van der Waals surface area (Å²) < 4.78 is 45.3. The van der Waals surface area contributed by atoms with E-state index in [2.05, 4.69) is 26.2 Å². The number of benzene rings is 2. The molecule has 8 nitrogen and oxygen atoms in total. The Balaban J connectivity index is 1.27. The van der Waals surface area contributed by atoms with Crippen LogP contribution in [-0.4, -0.2) is 63.6 Å². The molecule has 39 heavy (non-hydrogen) atoms. The van der Waals surface area contributed by atoms with E-state index in [0.717, 1.165) is 21.3 Å². The van der Waals surface area contributed by atoms with E-state index in [9.17, 15) is 4.79 Å². The zero-order valence-electron chi connectivity index (χ0n) is 21.8. The van der Waals surface area contributed by atoms with Gasteiger partial charge in [0.2, 0.25) is 0 Å². The highest BCUT2D eigenvalue weighted by Crippen LogP contribution is 2.36. The summed E-state index contributed by atoms with van der Waals surface area (Å²) >= 11 is 3.46. The van der Waals surface area contributed by atoms with Crippen LogP contribution in [0.25, 0.3) is 22.5 Å². The Kier molecular flexibility index (Phi) is 7.44. The molecule has 3 heterocycles. The van der Waals surface area contributed by atoms with Crippen molar-refractivity contribution in [1.82, 2.24) is 24.5 Å². The SMILES string of the molecule is COc1ccc(-c2cn(CC3CCN(C(=O)c4ccc(-c5cccc(Br)c5)n4C)CC3(F)F)nn2)cc1OC. The van der Waals surface area contributed by atoms with Gasteiger partial charge in [-0.25, -0.2) is 8.78 Å². The van der Waals surface area contributed by atoms with Crippen LogP contribution in [0.15, 0.2) is 65.3 Å². The normalized spacial score (nSPS) is 16.8. The Hall–Kier alpha value is -3.73. The first kappa shape index (κ1) is 26.9. The monoisotopic (exact) mass is 599 g/mol. The van der Waals surface area contributed by atoms with E-state index in [1.54, 1.807) is 49.2 Å². The number of hydrogen-bond donors (Lipinski definition) is 0. The van der Waals surface area contributed by atoms with Crippen LogP contribution < -0.4 is 9.47 Å². The van der Waals surface area contributed by atoms with E-state index in [0.29, 0.717) is 22.9 Å². The molecule has 2 aromatic carbocycles. The number of amides is 1. The molecule has 0 spiro atoms. The zero-order chi connectivity index (χ0) is 27.7. The molecule has 1 fully saturated rings. The third-order valence-corrected chi connectivity index (χ3v) is 7.61. The second kappa shape index (κ2) is 10.8. The number of rotatable bonds is 7. The highest BCUT2D eigenvalue weighted by molar-refractivity contribution is 9.10. The van der Waals surface area contributed by atoms with Gasteiger partial charge in [-0.1, -0.05) is 33.3 Å². The van der Waals surface area contributed by atoms with Crippen LogP contribution in [0.2, 0.25) is 0 Å². The molecule has 1 unspecified atom stereocenters. The van der Waals surface area contributed by atoms with E-state index < -0.39 is 24.3 Å². The van der Waals surface area contributed by atoms with Crippen LogP contribution >= 0.6 is 15.9 Å². The van der Waals surface area contributed by atoms with Crippen LogP contribution in [0, 0.1) is 5.92 Å². The van der Waals surface area contributed by atoms with E-state index in [1.165, 1.54) is 16.7 Å². The fraction of sp³-hybridized carbons (Fsp3) is 0.321. The lowest BCUT2D eigenvalue weighted by Gasteiger charge is -2.38. The number of ether oxygens (including phenoxy) is 2. The minimum absolute atomic E-state index is 0.00743. The molecule has 5 rings (SSSR count). The zero-order valence-corrected chi connectivity index (χ0v) is 23.4. The van der Waals surface area contributed by atoms with Gasteiger partial charge in [0, 0.05) is 35.2 Å². The maximum absolute atomic E-state index is 15.3. The number of aromatic nitrogens is 4. The van der Waals surface area contributed by atoms with Crippen molar-refractivity contribution in [2.45, 2.75) is 18.9 Å². The Labute approximate surface area is 233 Å². The number of methoxy groups -OCH3 is 2. The van der Waals surface area contributed by atoms with Crippen LogP contribution in [0.5, 0.6) is 11.5 Å². The predicted octanol–water partition coefficient (Wildman–Crippen LogP) is 5.53. The maximum Gasteiger partial charge on any atom is 0.270 e. The highest BCUT2D eigenvalue weighted by Gasteiger charge is 2.46. The number of carbonyl (C=O) groups is 1. The Morgan fingerprint density at radius 3 is 2.59 bits per heavy atom. The molecule has 1 aliphatic heterocycles. The molecule has 0 saturated carbocycles. The Morgan fingerprint density at radius 1 is 1.08 bits per heavy atom. The van der Waals surface area contributed by atoms with E-state index >= 15 is 8.78 Å². The summed E-state index contributed by atoms with van der Waals surface area (Å²) in [7, 11) is 4.86. The van der Waals surface area contributed by atoms with Crippen molar-refractivity contribution in [2.75, 3.05) is 27.3 Å². The van der Waals surface area contributed by atoms with Gasteiger partial charge in [0.15, 0.2) is 11.5 Å². The predicted molar refractivity (Wildman–Crippen MR) is 146 cm³/mol. The van der Waals surface area contributed by atoms with Crippen LogP contribution in [0.3, 0.4) is 0 Å². The van der Waals surface area contributed by atoms with Gasteiger partial charge in [0.25, 0.3) is 11.8 Å². The lowest BCUT2D eigenvalue weighted by atomic mass is 9.92. The molecule has 204 valence electrons. The molecule has 0 bridgehead atoms. The van der Waals surface area contributed by atoms with Gasteiger partial charge in [0.1, 0.15) is 11.4 Å². The average molecular weight is 600 g/mol. The molecule has 2 aromatic heterocycles. The summed E-state index contributed by atoms with van der Waals surface area (Å²) in [5.41, 5.74) is 3.40. The second-order valence-electron chi connectivity index (χ2n) is 9.54. The molecule has 1 amide bonds. The molecule has 1 atom stereocenters. The molecule has 1 aliphatic rings. The average Bonchev–Trinajstić information content (AvgIpc) is 3.55. The summed E-state index contributed by atoms with van der Waals surface area (Å²) in [4.78, 5) is 14.5. The summed E-state index contributed by atoms with van der Waals surface area (Å²) in [6.07, 6.45) is 1.79. The minimum atomic E-state index is -3.08. The maximum atomic E-state index is 15.3. The molecule has 1 saturated heterocycles. The number of likely N-dealkylation sites (tertiary alicyclic amines) is 1. The van der Waals surface area contributed by atoms with Gasteiger partial charge < -0.3 is 18.9 Å². The topological polar surface area (TPSA) is 74.4 Å². The second-order valence-corrected chi connectivity index (χ2v) is 10.5. The highest BCUT2D eigenvalue weighted by atomic mass is 79.9. The van der Waals surface area contributed by atoms with Crippen molar-refractivity contribution in [2.24, 2.45) is 13.0 Å². The molecule has 4 aromatic rings. The molecule has 0 radical (unpaired) electrons. The fourth-order valence-electron chi connectivity index (χ4n) is 4.95. The third-order valence-electron chi connectivity index (χ3n) is 7.12. The van der Waals surface area contributed by atoms with Gasteiger partial charge in [0.05, 0.1) is 33.5 Å². The lowest BCUT2D eigenvalue weighted by Crippen LogP contribution is -2.52. The number of nitrogens with zero attached hydrogens (tertiary/aromatic N) is 5. The van der Waals surface area contributed by atoms with E-state index in [-0.39, 0.29) is 19.5 Å². The van der Waals surface area contributed by atoms with E-state index in [4.69, 9.17) is 9.47 Å². The van der Waals surface area contributed by atoms with Gasteiger partial charge in [-0.15, -0.1) is 5.10 Å². The number of hydrogen-bond acceptors (Lipinski definition) is 5. The lowest BCUT2D eigenvalue weighted by molar-refractivity contribution is -0.108. The van der Waals surface area contributed by atoms with Crippen LogP contribution in [0.1, 0.15) is 16.9 Å². The standard InChI is InChI=1S/C28H28BrF2N5O3/c1-34-23(19-5-4-6-21(29)13-19)8-9-24(34)27(37)35-12-11-20(28(30,31)17-35)15-36-16-22(32-33-36)18-7-10-25(38-2)26(14-18)39-3/h4-10,13-14,16,20H,11-12,15,17H2,1-3H3. The third kappa shape index (κ3) is 5.40. The van der Waals surface area contributed by atoms with Crippen molar-refractivity contribution < 1.29 is 23.0 Å².